The SMILES string of the molecule is C=C(C)CN(c1ccc(F)cc1)c1nc(Cl)nc(Cl)c1Br.C=C(C)CN(c1ccc(F)cc1)c1nc(Cl)nc(NC)c1Br.CNc1nc(Cl)nc2c1C(C)(C)CN2c1ccc(F)cc1.Clc1nc(Cl)c(Br)c(Cl)n1.Fc1ccc(Cc2nc(Cl)nc(Cl)c2Br)cc1. The highest BCUT2D eigenvalue weighted by atomic mass is 79.9. The number of aromatic nitrogens is 10. The Morgan fingerprint density at radius 3 is 1.30 bits per heavy atom. The van der Waals surface area contributed by atoms with E-state index in [-0.39, 0.29) is 75.7 Å². The van der Waals surface area contributed by atoms with Crippen molar-refractivity contribution < 1.29 is 17.6 Å². The molecule has 15 nitrogen and oxygen atoms in total. The van der Waals surface area contributed by atoms with Crippen molar-refractivity contribution in [2.24, 2.45) is 0 Å². The van der Waals surface area contributed by atoms with Gasteiger partial charge in [-0.15, -0.1) is 0 Å². The van der Waals surface area contributed by atoms with Gasteiger partial charge in [0.25, 0.3) is 0 Å². The Morgan fingerprint density at radius 2 is 0.846 bits per heavy atom. The maximum absolute atomic E-state index is 13.2. The van der Waals surface area contributed by atoms with E-state index in [9.17, 15) is 17.6 Å². The van der Waals surface area contributed by atoms with Gasteiger partial charge in [-0.3, -0.25) is 0 Å². The zero-order valence-electron chi connectivity index (χ0n) is 48.2. The van der Waals surface area contributed by atoms with Crippen molar-refractivity contribution in [3.05, 3.63) is 226 Å². The third-order valence-corrected chi connectivity index (χ3v) is 18.0. The topological polar surface area (TPSA) is 163 Å². The summed E-state index contributed by atoms with van der Waals surface area (Å²) in [5.74, 6) is 2.02. The molecule has 0 saturated carbocycles. The van der Waals surface area contributed by atoms with Crippen LogP contribution in [-0.2, 0) is 11.8 Å². The highest BCUT2D eigenvalue weighted by Gasteiger charge is 2.40. The van der Waals surface area contributed by atoms with Crippen LogP contribution in [0.15, 0.2) is 139 Å². The van der Waals surface area contributed by atoms with Crippen LogP contribution in [0.2, 0.25) is 47.0 Å². The second-order valence-electron chi connectivity index (χ2n) is 19.7. The molecule has 1 aliphatic rings. The summed E-state index contributed by atoms with van der Waals surface area (Å²) in [6.45, 7) is 17.6. The molecule has 478 valence electrons. The lowest BCUT2D eigenvalue weighted by Crippen LogP contribution is -2.25. The van der Waals surface area contributed by atoms with Gasteiger partial charge < -0.3 is 25.3 Å². The fourth-order valence-electron chi connectivity index (χ4n) is 8.20. The van der Waals surface area contributed by atoms with E-state index in [1.165, 1.54) is 48.5 Å². The first-order valence-electron chi connectivity index (χ1n) is 26.0. The summed E-state index contributed by atoms with van der Waals surface area (Å²) in [5, 5.41) is 7.42. The van der Waals surface area contributed by atoms with Crippen molar-refractivity contribution in [3.63, 3.8) is 0 Å². The smallest absolute Gasteiger partial charge is 0.226 e. The molecule has 10 rings (SSSR count). The molecule has 0 bridgehead atoms. The van der Waals surface area contributed by atoms with E-state index in [0.29, 0.717) is 60.5 Å². The highest BCUT2D eigenvalue weighted by molar-refractivity contribution is 9.11. The fraction of sp³-hybridized carbons (Fsp3) is 0.186. The minimum Gasteiger partial charge on any atom is -0.373 e. The summed E-state index contributed by atoms with van der Waals surface area (Å²) >= 11 is 65.2. The highest BCUT2D eigenvalue weighted by Crippen LogP contribution is 2.47. The van der Waals surface area contributed by atoms with E-state index >= 15 is 0 Å². The van der Waals surface area contributed by atoms with Gasteiger partial charge in [0.1, 0.15) is 65.8 Å². The van der Waals surface area contributed by atoms with E-state index in [1.807, 2.05) is 35.6 Å². The first kappa shape index (κ1) is 75.0. The molecule has 4 aromatic carbocycles. The predicted octanol–water partition coefficient (Wildman–Crippen LogP) is 21.4. The maximum Gasteiger partial charge on any atom is 0.226 e. The molecule has 0 radical (unpaired) electrons. The molecule has 91 heavy (non-hydrogen) atoms. The Hall–Kier alpha value is -4.99. The molecule has 5 aromatic heterocycles. The van der Waals surface area contributed by atoms with Gasteiger partial charge in [0.05, 0.1) is 19.1 Å². The van der Waals surface area contributed by atoms with Gasteiger partial charge in [-0.2, -0.15) is 19.9 Å². The van der Waals surface area contributed by atoms with Crippen molar-refractivity contribution in [3.8, 4) is 0 Å². The van der Waals surface area contributed by atoms with Crippen LogP contribution < -0.4 is 25.3 Å². The Morgan fingerprint density at radius 1 is 0.484 bits per heavy atom. The van der Waals surface area contributed by atoms with E-state index < -0.39 is 0 Å². The van der Waals surface area contributed by atoms with Crippen LogP contribution in [0.1, 0.15) is 44.5 Å². The summed E-state index contributed by atoms with van der Waals surface area (Å²) in [6.07, 6.45) is 0.503. The summed E-state index contributed by atoms with van der Waals surface area (Å²) < 4.78 is 54.4. The lowest BCUT2D eigenvalue weighted by Gasteiger charge is -2.25. The minimum atomic E-state index is -0.313. The number of nitrogens with zero attached hydrogens (tertiary/aromatic N) is 13. The molecule has 1 aliphatic heterocycles. The molecule has 32 heteroatoms. The Kier molecular flexibility index (Phi) is 28.4. The molecule has 6 heterocycles. The molecule has 0 fully saturated rings. The molecule has 0 unspecified atom stereocenters. The monoisotopic (exact) mass is 1670 g/mol. The zero-order chi connectivity index (χ0) is 67.2. The van der Waals surface area contributed by atoms with Crippen LogP contribution in [0, 0.1) is 23.3 Å². The molecular weight excluding hydrogens is 1630 g/mol. The normalized spacial score (nSPS) is 11.7. The molecule has 0 saturated heterocycles. The number of benzene rings is 4. The second-order valence-corrected chi connectivity index (χ2v) is 26.0. The molecular formula is C59H48Br4Cl9F4N15. The molecule has 0 aliphatic carbocycles. The number of fused-ring (bicyclic) bond motifs is 1. The van der Waals surface area contributed by atoms with Crippen molar-refractivity contribution in [1.82, 2.24) is 49.8 Å². The molecule has 0 spiro atoms. The molecule has 0 amide bonds. The van der Waals surface area contributed by atoms with Crippen molar-refractivity contribution in [2.45, 2.75) is 39.5 Å². The summed E-state index contributed by atoms with van der Waals surface area (Å²) in [6, 6.07) is 24.8. The third-order valence-electron chi connectivity index (χ3n) is 12.1. The lowest BCUT2D eigenvalue weighted by molar-refractivity contribution is 0.569. The standard InChI is InChI=1S/C15H15BrClFN4.C15H16ClFN4.C14H11BrCl2FN3.C11H6BrCl2FN2.C4BrCl3N2/c1-9(2)8-22(11-6-4-10(18)5-7-11)14-12(16)13(19-3)20-15(17)21-14;1-15(2)8-21(10-6-4-9(17)5-7-10)13-11(15)12(18-3)19-14(16)20-13;1-8(2)7-21(10-5-3-9(18)4-6-10)13-11(15)12(16)19-14(17)20-13;12-9-8(16-11(14)17-10(9)13)5-6-1-3-7(15)4-2-6;5-1-2(6)9-4(8)10-3(1)7/h4-7H,1,8H2,2-3H3,(H,19,20,21);4-7H,8H2,1-3H3,(H,18,19,20);3-6H,1,7H2,2H3;1-4H,5H2;. The third kappa shape index (κ3) is 21.3. The van der Waals surface area contributed by atoms with Gasteiger partial charge in [-0.05, 0) is 226 Å². The molecule has 2 N–H and O–H groups in total. The van der Waals surface area contributed by atoms with Gasteiger partial charge in [0, 0.05) is 68.2 Å². The second kappa shape index (κ2) is 34.4. The van der Waals surface area contributed by atoms with Gasteiger partial charge in [-0.25, -0.2) is 47.5 Å². The zero-order valence-corrected chi connectivity index (χ0v) is 61.4. The minimum absolute atomic E-state index is 0.0343. The first-order chi connectivity index (χ1) is 42.9. The molecule has 9 aromatic rings. The van der Waals surface area contributed by atoms with Gasteiger partial charge >= 0.3 is 0 Å². The van der Waals surface area contributed by atoms with Gasteiger partial charge in [0.15, 0.2) is 11.6 Å². The van der Waals surface area contributed by atoms with Crippen molar-refractivity contribution in [2.75, 3.05) is 59.1 Å². The number of halogens is 17. The average Bonchev–Trinajstić information content (AvgIpc) is 1.64. The Labute approximate surface area is 600 Å². The fourth-order valence-corrected chi connectivity index (χ4v) is 11.4. The largest absolute Gasteiger partial charge is 0.373 e. The lowest BCUT2D eigenvalue weighted by atomic mass is 9.88. The maximum atomic E-state index is 13.2. The van der Waals surface area contributed by atoms with Crippen molar-refractivity contribution in [1.29, 1.82) is 0 Å². The van der Waals surface area contributed by atoms with Crippen LogP contribution in [0.5, 0.6) is 0 Å². The number of hydrogen-bond acceptors (Lipinski definition) is 15. The molecule has 0 atom stereocenters. The van der Waals surface area contributed by atoms with Crippen LogP contribution in [0.3, 0.4) is 0 Å². The van der Waals surface area contributed by atoms with Crippen LogP contribution >= 0.6 is 168 Å². The number of anilines is 8. The van der Waals surface area contributed by atoms with E-state index in [0.717, 1.165) is 57.5 Å². The number of hydrogen-bond donors (Lipinski definition) is 2. The number of nitrogens with one attached hydrogen (secondary N) is 2. The van der Waals surface area contributed by atoms with Crippen LogP contribution in [0.4, 0.5) is 63.7 Å². The van der Waals surface area contributed by atoms with Crippen LogP contribution in [0.25, 0.3) is 0 Å². The van der Waals surface area contributed by atoms with E-state index in [2.05, 4.69) is 151 Å². The number of rotatable bonds is 13. The summed E-state index contributed by atoms with van der Waals surface area (Å²) in [7, 11) is 3.56. The van der Waals surface area contributed by atoms with E-state index in [1.54, 1.807) is 55.6 Å². The predicted molar refractivity (Wildman–Crippen MR) is 377 cm³/mol. The van der Waals surface area contributed by atoms with Gasteiger partial charge in [-0.1, -0.05) is 96.7 Å². The van der Waals surface area contributed by atoms with Crippen molar-refractivity contribution >= 4 is 214 Å². The Balaban J connectivity index is 0.000000184. The van der Waals surface area contributed by atoms with E-state index in [4.69, 9.17) is 104 Å². The summed E-state index contributed by atoms with van der Waals surface area (Å²) in [5.41, 5.74) is 6.72. The van der Waals surface area contributed by atoms with Gasteiger partial charge in [0.2, 0.25) is 26.4 Å². The first-order valence-corrected chi connectivity index (χ1v) is 32.6. The quantitative estimate of drug-likeness (QED) is 0.0485. The average molecular weight is 1680 g/mol. The van der Waals surface area contributed by atoms with Crippen LogP contribution in [-0.4, -0.2) is 83.6 Å². The summed E-state index contributed by atoms with van der Waals surface area (Å²) in [4.78, 5) is 46.0. The Bertz CT molecular complexity index is 4020.